The van der Waals surface area contributed by atoms with E-state index in [1.165, 1.54) is 11.1 Å². The SMILES string of the molecule is COc1ccc(CCN=C(N)[C@@H](C)c2ccc(C(C)C)cc2)cc1OC. The van der Waals surface area contributed by atoms with Crippen LogP contribution < -0.4 is 15.2 Å². The fourth-order valence-corrected chi connectivity index (χ4v) is 2.83. The molecular weight excluding hydrogens is 324 g/mol. The van der Waals surface area contributed by atoms with Crippen LogP contribution in [0.25, 0.3) is 0 Å². The maximum absolute atomic E-state index is 6.22. The quantitative estimate of drug-likeness (QED) is 0.560. The molecule has 0 aromatic heterocycles. The summed E-state index contributed by atoms with van der Waals surface area (Å²) in [6.07, 6.45) is 0.806. The summed E-state index contributed by atoms with van der Waals surface area (Å²) in [5.41, 5.74) is 9.90. The first-order chi connectivity index (χ1) is 12.5. The Morgan fingerprint density at radius 2 is 1.54 bits per heavy atom. The predicted octanol–water partition coefficient (Wildman–Crippen LogP) is 4.53. The van der Waals surface area contributed by atoms with Crippen LogP contribution in [0.5, 0.6) is 11.5 Å². The van der Waals surface area contributed by atoms with E-state index in [0.29, 0.717) is 18.3 Å². The van der Waals surface area contributed by atoms with Crippen molar-refractivity contribution in [2.75, 3.05) is 20.8 Å². The van der Waals surface area contributed by atoms with Gasteiger partial charge < -0.3 is 15.2 Å². The van der Waals surface area contributed by atoms with Crippen LogP contribution in [0.3, 0.4) is 0 Å². The standard InChI is InChI=1S/C22H30N2O2/c1-15(2)18-7-9-19(10-8-18)16(3)22(23)24-13-12-17-6-11-20(25-4)21(14-17)26-5/h6-11,14-16H,12-13H2,1-5H3,(H2,23,24)/t16-/m0/s1. The highest BCUT2D eigenvalue weighted by atomic mass is 16.5. The number of hydrogen-bond donors (Lipinski definition) is 1. The summed E-state index contributed by atoms with van der Waals surface area (Å²) in [4.78, 5) is 4.57. The number of amidine groups is 1. The van der Waals surface area contributed by atoms with Gasteiger partial charge >= 0.3 is 0 Å². The number of nitrogens with two attached hydrogens (primary N) is 1. The molecule has 2 aromatic carbocycles. The average molecular weight is 354 g/mol. The molecule has 0 fully saturated rings. The van der Waals surface area contributed by atoms with Crippen molar-refractivity contribution < 1.29 is 9.47 Å². The van der Waals surface area contributed by atoms with Gasteiger partial charge in [-0.2, -0.15) is 0 Å². The number of methoxy groups -OCH3 is 2. The molecule has 4 heteroatoms. The molecule has 0 saturated carbocycles. The van der Waals surface area contributed by atoms with Crippen LogP contribution in [0.4, 0.5) is 0 Å². The van der Waals surface area contributed by atoms with Gasteiger partial charge in [0, 0.05) is 12.5 Å². The van der Waals surface area contributed by atoms with Crippen LogP contribution in [0.1, 0.15) is 49.3 Å². The molecule has 2 N–H and O–H groups in total. The number of hydrogen-bond acceptors (Lipinski definition) is 3. The molecule has 0 aliphatic carbocycles. The third-order valence-corrected chi connectivity index (χ3v) is 4.69. The van der Waals surface area contributed by atoms with Crippen LogP contribution in [0.15, 0.2) is 47.5 Å². The molecule has 0 aliphatic rings. The minimum absolute atomic E-state index is 0.113. The van der Waals surface area contributed by atoms with Gasteiger partial charge in [0.05, 0.1) is 14.2 Å². The van der Waals surface area contributed by atoms with Crippen molar-refractivity contribution in [1.29, 1.82) is 0 Å². The molecule has 1 atom stereocenters. The van der Waals surface area contributed by atoms with E-state index < -0.39 is 0 Å². The Hall–Kier alpha value is -2.49. The average Bonchev–Trinajstić information content (AvgIpc) is 2.67. The summed E-state index contributed by atoms with van der Waals surface area (Å²) in [5.74, 6) is 2.79. The number of nitrogens with zero attached hydrogens (tertiary/aromatic N) is 1. The highest BCUT2D eigenvalue weighted by Gasteiger charge is 2.10. The summed E-state index contributed by atoms with van der Waals surface area (Å²) in [6, 6.07) is 14.6. The molecule has 0 unspecified atom stereocenters. The van der Waals surface area contributed by atoms with E-state index in [1.807, 2.05) is 18.2 Å². The van der Waals surface area contributed by atoms with E-state index in [2.05, 4.69) is 50.0 Å². The van der Waals surface area contributed by atoms with Crippen molar-refractivity contribution >= 4 is 5.84 Å². The third kappa shape index (κ3) is 5.01. The predicted molar refractivity (Wildman–Crippen MR) is 109 cm³/mol. The van der Waals surface area contributed by atoms with Crippen molar-refractivity contribution in [1.82, 2.24) is 0 Å². The number of benzene rings is 2. The van der Waals surface area contributed by atoms with Crippen LogP contribution in [-0.2, 0) is 6.42 Å². The Morgan fingerprint density at radius 3 is 2.12 bits per heavy atom. The molecule has 0 saturated heterocycles. The molecule has 0 amide bonds. The maximum atomic E-state index is 6.22. The fraction of sp³-hybridized carbons (Fsp3) is 0.409. The topological polar surface area (TPSA) is 56.8 Å². The smallest absolute Gasteiger partial charge is 0.160 e. The van der Waals surface area contributed by atoms with Gasteiger partial charge in [-0.1, -0.05) is 51.1 Å². The van der Waals surface area contributed by atoms with E-state index in [4.69, 9.17) is 15.2 Å². The van der Waals surface area contributed by atoms with Gasteiger partial charge in [0.25, 0.3) is 0 Å². The van der Waals surface area contributed by atoms with Crippen LogP contribution >= 0.6 is 0 Å². The largest absolute Gasteiger partial charge is 0.493 e. The Morgan fingerprint density at radius 1 is 0.923 bits per heavy atom. The maximum Gasteiger partial charge on any atom is 0.160 e. The van der Waals surface area contributed by atoms with Crippen molar-refractivity contribution in [2.24, 2.45) is 10.7 Å². The zero-order chi connectivity index (χ0) is 19.1. The third-order valence-electron chi connectivity index (χ3n) is 4.69. The van der Waals surface area contributed by atoms with Crippen LogP contribution in [-0.4, -0.2) is 26.6 Å². The second-order valence-corrected chi connectivity index (χ2v) is 6.79. The lowest BCUT2D eigenvalue weighted by molar-refractivity contribution is 0.354. The van der Waals surface area contributed by atoms with Gasteiger partial charge in [0.2, 0.25) is 0 Å². The van der Waals surface area contributed by atoms with Gasteiger partial charge in [0.15, 0.2) is 11.5 Å². The summed E-state index contributed by atoms with van der Waals surface area (Å²) >= 11 is 0. The minimum Gasteiger partial charge on any atom is -0.493 e. The lowest BCUT2D eigenvalue weighted by Crippen LogP contribution is -2.20. The number of ether oxygens (including phenoxy) is 2. The second-order valence-electron chi connectivity index (χ2n) is 6.79. The van der Waals surface area contributed by atoms with Gasteiger partial charge in [-0.3, -0.25) is 4.99 Å². The van der Waals surface area contributed by atoms with Crippen molar-refractivity contribution in [2.45, 2.75) is 39.0 Å². The Bertz CT molecular complexity index is 736. The molecule has 4 nitrogen and oxygen atoms in total. The summed E-state index contributed by atoms with van der Waals surface area (Å²) < 4.78 is 10.6. The van der Waals surface area contributed by atoms with Crippen molar-refractivity contribution in [3.8, 4) is 11.5 Å². The van der Waals surface area contributed by atoms with E-state index in [-0.39, 0.29) is 5.92 Å². The molecule has 0 aliphatic heterocycles. The van der Waals surface area contributed by atoms with Crippen LogP contribution in [0, 0.1) is 0 Å². The lowest BCUT2D eigenvalue weighted by Gasteiger charge is -2.13. The molecule has 2 rings (SSSR count). The summed E-state index contributed by atoms with van der Waals surface area (Å²) in [7, 11) is 3.28. The first-order valence-electron chi connectivity index (χ1n) is 9.06. The first-order valence-corrected chi connectivity index (χ1v) is 9.06. The molecular formula is C22H30N2O2. The summed E-state index contributed by atoms with van der Waals surface area (Å²) in [6.45, 7) is 7.14. The molecule has 140 valence electrons. The van der Waals surface area contributed by atoms with Gasteiger partial charge in [-0.15, -0.1) is 0 Å². The number of rotatable bonds is 8. The Balaban J connectivity index is 1.99. The molecule has 0 bridgehead atoms. The van der Waals surface area contributed by atoms with Gasteiger partial charge in [-0.25, -0.2) is 0 Å². The van der Waals surface area contributed by atoms with Gasteiger partial charge in [-0.05, 0) is 41.2 Å². The summed E-state index contributed by atoms with van der Waals surface area (Å²) in [5, 5.41) is 0. The van der Waals surface area contributed by atoms with Crippen molar-refractivity contribution in [3.05, 3.63) is 59.2 Å². The van der Waals surface area contributed by atoms with Crippen molar-refractivity contribution in [3.63, 3.8) is 0 Å². The zero-order valence-corrected chi connectivity index (χ0v) is 16.5. The molecule has 2 aromatic rings. The van der Waals surface area contributed by atoms with E-state index >= 15 is 0 Å². The first kappa shape index (κ1) is 19.8. The zero-order valence-electron chi connectivity index (χ0n) is 16.5. The molecule has 26 heavy (non-hydrogen) atoms. The second kappa shape index (κ2) is 9.27. The van der Waals surface area contributed by atoms with E-state index in [9.17, 15) is 0 Å². The fourth-order valence-electron chi connectivity index (χ4n) is 2.83. The Labute approximate surface area is 157 Å². The van der Waals surface area contributed by atoms with E-state index in [1.54, 1.807) is 14.2 Å². The normalized spacial score (nSPS) is 12.9. The number of aliphatic imine (C=N–C) groups is 1. The highest BCUT2D eigenvalue weighted by molar-refractivity contribution is 5.87. The molecule has 0 heterocycles. The van der Waals surface area contributed by atoms with E-state index in [0.717, 1.165) is 23.5 Å². The molecule has 0 spiro atoms. The molecule has 0 radical (unpaired) electrons. The highest BCUT2D eigenvalue weighted by Crippen LogP contribution is 2.27. The Kier molecular flexibility index (Phi) is 7.07. The minimum atomic E-state index is 0.113. The monoisotopic (exact) mass is 354 g/mol. The van der Waals surface area contributed by atoms with Crippen LogP contribution in [0.2, 0.25) is 0 Å². The lowest BCUT2D eigenvalue weighted by atomic mass is 9.95. The van der Waals surface area contributed by atoms with Gasteiger partial charge in [0.1, 0.15) is 5.84 Å².